The van der Waals surface area contributed by atoms with Crippen LogP contribution in [-0.2, 0) is 21.1 Å². The van der Waals surface area contributed by atoms with Crippen LogP contribution in [0.4, 0.5) is 10.5 Å². The third-order valence-electron chi connectivity index (χ3n) is 4.48. The number of fused-ring (bicyclic) bond motifs is 1. The van der Waals surface area contributed by atoms with Gasteiger partial charge in [-0.15, -0.1) is 41.8 Å². The van der Waals surface area contributed by atoms with Gasteiger partial charge in [0.2, 0.25) is 0 Å². The summed E-state index contributed by atoms with van der Waals surface area (Å²) in [6, 6.07) is 24.3. The molecular formula is C22H19N2OW+. The SMILES string of the molecule is Cc1cc([CH-]c2ccccc2)cc2c1NC(=O)NC2c1ccccc1.[W+2]. The molecule has 2 N–H and O–H groups in total. The van der Waals surface area contributed by atoms with Crippen LogP contribution < -0.4 is 10.6 Å². The summed E-state index contributed by atoms with van der Waals surface area (Å²) in [6.45, 7) is 2.04. The number of nitrogens with one attached hydrogen (secondary N) is 2. The zero-order valence-electron chi connectivity index (χ0n) is 14.4. The van der Waals surface area contributed by atoms with E-state index in [0.717, 1.165) is 33.5 Å². The van der Waals surface area contributed by atoms with Crippen molar-refractivity contribution in [2.45, 2.75) is 13.0 Å². The fraction of sp³-hybridized carbons (Fsp3) is 0.0909. The minimum atomic E-state index is -0.163. The minimum absolute atomic E-state index is 0. The van der Waals surface area contributed by atoms with E-state index in [0.29, 0.717) is 0 Å². The summed E-state index contributed by atoms with van der Waals surface area (Å²) in [6.07, 6.45) is 2.16. The van der Waals surface area contributed by atoms with Crippen molar-refractivity contribution in [1.82, 2.24) is 5.32 Å². The maximum absolute atomic E-state index is 12.1. The number of aryl methyl sites for hydroxylation is 1. The van der Waals surface area contributed by atoms with Crippen LogP contribution in [0.25, 0.3) is 0 Å². The fourth-order valence-electron chi connectivity index (χ4n) is 3.33. The molecule has 3 nitrogen and oxygen atoms in total. The summed E-state index contributed by atoms with van der Waals surface area (Å²) in [7, 11) is 0. The average molecular weight is 511 g/mol. The largest absolute Gasteiger partial charge is 2.00 e. The molecule has 0 aliphatic carbocycles. The van der Waals surface area contributed by atoms with Gasteiger partial charge in [-0.1, -0.05) is 54.1 Å². The summed E-state index contributed by atoms with van der Waals surface area (Å²) < 4.78 is 0. The Kier molecular flexibility index (Phi) is 5.48. The molecule has 1 aliphatic heterocycles. The fourth-order valence-corrected chi connectivity index (χ4v) is 3.33. The topological polar surface area (TPSA) is 41.1 Å². The van der Waals surface area contributed by atoms with Crippen molar-refractivity contribution in [1.29, 1.82) is 0 Å². The molecule has 0 fully saturated rings. The van der Waals surface area contributed by atoms with Gasteiger partial charge < -0.3 is 10.6 Å². The normalized spacial score (nSPS) is 15.1. The molecule has 0 aromatic heterocycles. The molecule has 0 bridgehead atoms. The van der Waals surface area contributed by atoms with E-state index < -0.39 is 0 Å². The quantitative estimate of drug-likeness (QED) is 0.487. The second-order valence-corrected chi connectivity index (χ2v) is 6.30. The Morgan fingerprint density at radius 1 is 0.885 bits per heavy atom. The summed E-state index contributed by atoms with van der Waals surface area (Å²) in [5.74, 6) is 0. The maximum atomic E-state index is 12.1. The number of benzene rings is 3. The van der Waals surface area contributed by atoms with Gasteiger partial charge in [0.1, 0.15) is 0 Å². The van der Waals surface area contributed by atoms with Crippen molar-refractivity contribution >= 4 is 11.7 Å². The molecular weight excluding hydrogens is 492 g/mol. The Morgan fingerprint density at radius 3 is 2.23 bits per heavy atom. The van der Waals surface area contributed by atoms with Crippen LogP contribution >= 0.6 is 0 Å². The van der Waals surface area contributed by atoms with Gasteiger partial charge in [-0.25, -0.2) is 4.79 Å². The van der Waals surface area contributed by atoms with Gasteiger partial charge in [-0.2, -0.15) is 0 Å². The molecule has 1 aliphatic rings. The molecule has 3 aromatic carbocycles. The molecule has 1 atom stereocenters. The number of urea groups is 1. The predicted molar refractivity (Wildman–Crippen MR) is 101 cm³/mol. The van der Waals surface area contributed by atoms with Gasteiger partial charge in [0, 0.05) is 5.69 Å². The van der Waals surface area contributed by atoms with E-state index in [4.69, 9.17) is 0 Å². The Morgan fingerprint density at radius 2 is 1.54 bits per heavy atom. The van der Waals surface area contributed by atoms with Crippen molar-refractivity contribution in [3.63, 3.8) is 0 Å². The molecule has 1 unspecified atom stereocenters. The van der Waals surface area contributed by atoms with Crippen LogP contribution in [0.3, 0.4) is 0 Å². The zero-order chi connectivity index (χ0) is 17.2. The Labute approximate surface area is 168 Å². The van der Waals surface area contributed by atoms with Crippen LogP contribution in [0.2, 0.25) is 0 Å². The number of rotatable bonds is 3. The van der Waals surface area contributed by atoms with Gasteiger partial charge in [-0.05, 0) is 18.1 Å². The van der Waals surface area contributed by atoms with E-state index in [1.165, 1.54) is 0 Å². The third kappa shape index (κ3) is 3.68. The number of hydrogen-bond acceptors (Lipinski definition) is 1. The van der Waals surface area contributed by atoms with Crippen LogP contribution in [0, 0.1) is 13.3 Å². The molecule has 0 saturated heterocycles. The number of hydrogen-bond donors (Lipinski definition) is 2. The minimum Gasteiger partial charge on any atom is -0.328 e. The smallest absolute Gasteiger partial charge is 0.328 e. The van der Waals surface area contributed by atoms with Gasteiger partial charge in [0.15, 0.2) is 0 Å². The first-order valence-corrected chi connectivity index (χ1v) is 8.37. The summed E-state index contributed by atoms with van der Waals surface area (Å²) in [5.41, 5.74) is 6.42. The second kappa shape index (κ2) is 7.80. The molecule has 3 aromatic rings. The van der Waals surface area contributed by atoms with Crippen LogP contribution in [0.5, 0.6) is 0 Å². The van der Waals surface area contributed by atoms with Crippen LogP contribution in [-0.4, -0.2) is 6.03 Å². The van der Waals surface area contributed by atoms with Crippen LogP contribution in [0.1, 0.15) is 33.9 Å². The molecule has 2 amide bonds. The standard InChI is InChI=1S/C22H19N2O.W/c1-15-12-17(13-16-8-4-2-5-9-16)14-19-20(15)23-22(25)24-21(19)18-10-6-3-7-11-18;/h2-14,21H,1H3,(H2,23,24,25);/q-1;+2. The molecule has 1 heterocycles. The average Bonchev–Trinajstić information content (AvgIpc) is 2.63. The monoisotopic (exact) mass is 511 g/mol. The molecule has 128 valence electrons. The Bertz CT molecular complexity index is 910. The van der Waals surface area contributed by atoms with E-state index in [-0.39, 0.29) is 33.1 Å². The van der Waals surface area contributed by atoms with E-state index >= 15 is 0 Å². The first kappa shape index (κ1) is 18.3. The first-order valence-electron chi connectivity index (χ1n) is 8.37. The summed E-state index contributed by atoms with van der Waals surface area (Å²) in [5, 5.41) is 6.00. The zero-order valence-corrected chi connectivity index (χ0v) is 17.3. The van der Waals surface area contributed by atoms with Crippen molar-refractivity contribution in [3.8, 4) is 0 Å². The summed E-state index contributed by atoms with van der Waals surface area (Å²) >= 11 is 0. The van der Waals surface area contributed by atoms with E-state index in [9.17, 15) is 4.79 Å². The summed E-state index contributed by atoms with van der Waals surface area (Å²) in [4.78, 5) is 12.1. The van der Waals surface area contributed by atoms with Crippen molar-refractivity contribution in [3.05, 3.63) is 107 Å². The maximum Gasteiger partial charge on any atom is 2.00 e. The first-order chi connectivity index (χ1) is 12.2. The van der Waals surface area contributed by atoms with Gasteiger partial charge >= 0.3 is 27.1 Å². The van der Waals surface area contributed by atoms with E-state index in [1.54, 1.807) is 0 Å². The number of carbonyl (C=O) groups is 1. The van der Waals surface area contributed by atoms with Gasteiger partial charge in [-0.3, -0.25) is 0 Å². The predicted octanol–water partition coefficient (Wildman–Crippen LogP) is 4.82. The third-order valence-corrected chi connectivity index (χ3v) is 4.48. The van der Waals surface area contributed by atoms with Crippen molar-refractivity contribution in [2.24, 2.45) is 0 Å². The van der Waals surface area contributed by atoms with Crippen molar-refractivity contribution in [2.75, 3.05) is 5.32 Å². The number of amides is 2. The Balaban J connectivity index is 0.00000196. The number of anilines is 1. The number of carbonyl (C=O) groups excluding carboxylic acids is 1. The van der Waals surface area contributed by atoms with Gasteiger partial charge in [0.05, 0.1) is 6.04 Å². The molecule has 0 spiro atoms. The second-order valence-electron chi connectivity index (χ2n) is 6.30. The van der Waals surface area contributed by atoms with E-state index in [2.05, 4.69) is 41.3 Å². The van der Waals surface area contributed by atoms with Crippen molar-refractivity contribution < 1.29 is 25.9 Å². The Hall–Kier alpha value is -2.51. The molecule has 0 radical (unpaired) electrons. The van der Waals surface area contributed by atoms with Gasteiger partial charge in [0.25, 0.3) is 0 Å². The molecule has 4 heteroatoms. The molecule has 0 saturated carbocycles. The molecule has 26 heavy (non-hydrogen) atoms. The van der Waals surface area contributed by atoms with Crippen LogP contribution in [0.15, 0.2) is 72.8 Å². The molecule has 4 rings (SSSR count). The van der Waals surface area contributed by atoms with E-state index in [1.807, 2.05) is 55.5 Å².